The van der Waals surface area contributed by atoms with Crippen LogP contribution in [-0.2, 0) is 9.59 Å². The molecule has 2 rings (SSSR count). The fourth-order valence-corrected chi connectivity index (χ4v) is 3.58. The summed E-state index contributed by atoms with van der Waals surface area (Å²) in [6.07, 6.45) is 6.11. The van der Waals surface area contributed by atoms with Crippen molar-refractivity contribution in [1.29, 1.82) is 0 Å². The first-order valence-corrected chi connectivity index (χ1v) is 8.35. The lowest BCUT2D eigenvalue weighted by Gasteiger charge is -2.35. The Hall–Kier alpha value is -1.59. The third-order valence-electron chi connectivity index (χ3n) is 5.14. The van der Waals surface area contributed by atoms with Gasteiger partial charge in [-0.15, -0.1) is 0 Å². The van der Waals surface area contributed by atoms with Crippen molar-refractivity contribution in [3.8, 4) is 0 Å². The van der Waals surface area contributed by atoms with Crippen LogP contribution in [0.4, 0.5) is 4.79 Å². The summed E-state index contributed by atoms with van der Waals surface area (Å²) in [4.78, 5) is 40.0. The Morgan fingerprint density at radius 3 is 2.32 bits per heavy atom. The SMILES string of the molecule is CCC(CC)NC(=O)CN1C(=O)N(C)C2(CCCCC2)C1=O. The van der Waals surface area contributed by atoms with Gasteiger partial charge in [0.1, 0.15) is 12.1 Å². The molecule has 0 bridgehead atoms. The van der Waals surface area contributed by atoms with Crippen molar-refractivity contribution in [1.82, 2.24) is 15.1 Å². The predicted octanol–water partition coefficient (Wildman–Crippen LogP) is 1.89. The van der Waals surface area contributed by atoms with Gasteiger partial charge >= 0.3 is 6.03 Å². The minimum absolute atomic E-state index is 0.0988. The molecule has 2 fully saturated rings. The van der Waals surface area contributed by atoms with Gasteiger partial charge in [-0.1, -0.05) is 33.1 Å². The Morgan fingerprint density at radius 2 is 1.77 bits per heavy atom. The molecule has 1 spiro atoms. The van der Waals surface area contributed by atoms with Gasteiger partial charge in [0.25, 0.3) is 5.91 Å². The summed E-state index contributed by atoms with van der Waals surface area (Å²) in [6, 6.07) is -0.242. The summed E-state index contributed by atoms with van der Waals surface area (Å²) in [5, 5.41) is 2.89. The number of nitrogens with zero attached hydrogens (tertiary/aromatic N) is 2. The third kappa shape index (κ3) is 2.83. The Labute approximate surface area is 132 Å². The monoisotopic (exact) mass is 309 g/mol. The Kier molecular flexibility index (Phi) is 5.08. The van der Waals surface area contributed by atoms with Gasteiger partial charge in [0, 0.05) is 13.1 Å². The molecule has 0 unspecified atom stereocenters. The highest BCUT2D eigenvalue weighted by Crippen LogP contribution is 2.39. The van der Waals surface area contributed by atoms with E-state index in [1.807, 2.05) is 13.8 Å². The molecule has 1 saturated heterocycles. The Balaban J connectivity index is 2.07. The number of hydrogen-bond donors (Lipinski definition) is 1. The number of carbonyl (C=O) groups excluding carboxylic acids is 3. The molecule has 0 aromatic rings. The van der Waals surface area contributed by atoms with Crippen LogP contribution in [0.25, 0.3) is 0 Å². The van der Waals surface area contributed by atoms with Gasteiger partial charge in [0.05, 0.1) is 0 Å². The van der Waals surface area contributed by atoms with Gasteiger partial charge < -0.3 is 10.2 Å². The predicted molar refractivity (Wildman–Crippen MR) is 83.2 cm³/mol. The van der Waals surface area contributed by atoms with Gasteiger partial charge in [-0.25, -0.2) is 4.79 Å². The number of imide groups is 1. The zero-order chi connectivity index (χ0) is 16.3. The zero-order valence-corrected chi connectivity index (χ0v) is 13.9. The average molecular weight is 309 g/mol. The van der Waals surface area contributed by atoms with Gasteiger partial charge in [-0.2, -0.15) is 0 Å². The summed E-state index contributed by atoms with van der Waals surface area (Å²) >= 11 is 0. The molecule has 1 N–H and O–H groups in total. The highest BCUT2D eigenvalue weighted by atomic mass is 16.2. The van der Waals surface area contributed by atoms with Crippen LogP contribution in [0.1, 0.15) is 58.8 Å². The minimum Gasteiger partial charge on any atom is -0.352 e. The maximum absolute atomic E-state index is 12.7. The Morgan fingerprint density at radius 1 is 1.18 bits per heavy atom. The summed E-state index contributed by atoms with van der Waals surface area (Å²) in [7, 11) is 1.68. The van der Waals surface area contributed by atoms with E-state index in [9.17, 15) is 14.4 Å². The molecule has 22 heavy (non-hydrogen) atoms. The summed E-state index contributed by atoms with van der Waals surface area (Å²) in [5.41, 5.74) is -0.704. The van der Waals surface area contributed by atoms with Crippen molar-refractivity contribution >= 4 is 17.8 Å². The maximum Gasteiger partial charge on any atom is 0.327 e. The second-order valence-electron chi connectivity index (χ2n) is 6.41. The van der Waals surface area contributed by atoms with E-state index in [1.165, 1.54) is 0 Å². The molecule has 0 aromatic carbocycles. The van der Waals surface area contributed by atoms with Crippen LogP contribution in [0.15, 0.2) is 0 Å². The maximum atomic E-state index is 12.7. The van der Waals surface area contributed by atoms with E-state index >= 15 is 0 Å². The van der Waals surface area contributed by atoms with E-state index in [2.05, 4.69) is 5.32 Å². The largest absolute Gasteiger partial charge is 0.352 e. The molecule has 1 heterocycles. The number of hydrogen-bond acceptors (Lipinski definition) is 3. The van der Waals surface area contributed by atoms with E-state index in [1.54, 1.807) is 11.9 Å². The van der Waals surface area contributed by atoms with E-state index < -0.39 is 5.54 Å². The summed E-state index contributed by atoms with van der Waals surface area (Å²) in [6.45, 7) is 3.84. The molecule has 6 nitrogen and oxygen atoms in total. The van der Waals surface area contributed by atoms with Crippen molar-refractivity contribution in [2.45, 2.75) is 70.4 Å². The van der Waals surface area contributed by atoms with Gasteiger partial charge in [0.2, 0.25) is 5.91 Å². The molecule has 0 atom stereocenters. The number of likely N-dealkylation sites (N-methyl/N-ethyl adjacent to an activating group) is 1. The molecule has 2 aliphatic rings. The van der Waals surface area contributed by atoms with Crippen molar-refractivity contribution in [3.05, 3.63) is 0 Å². The third-order valence-corrected chi connectivity index (χ3v) is 5.14. The van der Waals surface area contributed by atoms with E-state index in [-0.39, 0.29) is 30.4 Å². The fraction of sp³-hybridized carbons (Fsp3) is 0.812. The molecular weight excluding hydrogens is 282 g/mol. The van der Waals surface area contributed by atoms with Crippen LogP contribution in [0.3, 0.4) is 0 Å². The van der Waals surface area contributed by atoms with Crippen LogP contribution in [0.2, 0.25) is 0 Å². The molecule has 6 heteroatoms. The van der Waals surface area contributed by atoms with Crippen LogP contribution in [0.5, 0.6) is 0 Å². The second-order valence-corrected chi connectivity index (χ2v) is 6.41. The number of carbonyl (C=O) groups is 3. The second kappa shape index (κ2) is 6.67. The summed E-state index contributed by atoms with van der Waals surface area (Å²) in [5.74, 6) is -0.448. The van der Waals surface area contributed by atoms with Crippen LogP contribution in [0, 0.1) is 0 Å². The first-order chi connectivity index (χ1) is 10.5. The lowest BCUT2D eigenvalue weighted by atomic mass is 9.81. The molecular formula is C16H27N3O3. The molecule has 124 valence electrons. The molecule has 0 radical (unpaired) electrons. The van der Waals surface area contributed by atoms with Crippen molar-refractivity contribution < 1.29 is 14.4 Å². The number of nitrogens with one attached hydrogen (secondary N) is 1. The molecule has 1 aliphatic carbocycles. The van der Waals surface area contributed by atoms with E-state index in [0.29, 0.717) is 12.8 Å². The fourth-order valence-electron chi connectivity index (χ4n) is 3.58. The topological polar surface area (TPSA) is 69.7 Å². The zero-order valence-electron chi connectivity index (χ0n) is 13.9. The lowest BCUT2D eigenvalue weighted by molar-refractivity contribution is -0.137. The first-order valence-electron chi connectivity index (χ1n) is 8.35. The number of urea groups is 1. The van der Waals surface area contributed by atoms with E-state index in [0.717, 1.165) is 37.0 Å². The van der Waals surface area contributed by atoms with Gasteiger partial charge in [-0.05, 0) is 25.7 Å². The standard InChI is InChI=1S/C16H27N3O3/c1-4-12(5-2)17-13(20)11-19-14(21)16(18(3)15(19)22)9-7-6-8-10-16/h12H,4-11H2,1-3H3,(H,17,20). The van der Waals surface area contributed by atoms with Crippen molar-refractivity contribution in [2.24, 2.45) is 0 Å². The highest BCUT2D eigenvalue weighted by Gasteiger charge is 2.55. The van der Waals surface area contributed by atoms with Crippen LogP contribution in [-0.4, -0.2) is 52.8 Å². The van der Waals surface area contributed by atoms with Crippen LogP contribution >= 0.6 is 0 Å². The molecule has 0 aromatic heterocycles. The molecule has 1 saturated carbocycles. The van der Waals surface area contributed by atoms with Gasteiger partial charge in [-0.3, -0.25) is 14.5 Å². The minimum atomic E-state index is -0.704. The number of rotatable bonds is 5. The summed E-state index contributed by atoms with van der Waals surface area (Å²) < 4.78 is 0. The van der Waals surface area contributed by atoms with Crippen molar-refractivity contribution in [2.75, 3.05) is 13.6 Å². The smallest absolute Gasteiger partial charge is 0.327 e. The normalized spacial score (nSPS) is 21.1. The number of amides is 4. The Bertz CT molecular complexity index is 454. The quantitative estimate of drug-likeness (QED) is 0.788. The molecule has 1 aliphatic heterocycles. The van der Waals surface area contributed by atoms with Crippen molar-refractivity contribution in [3.63, 3.8) is 0 Å². The van der Waals surface area contributed by atoms with E-state index in [4.69, 9.17) is 0 Å². The highest BCUT2D eigenvalue weighted by molar-refractivity contribution is 6.08. The average Bonchev–Trinajstić information content (AvgIpc) is 2.70. The lowest BCUT2D eigenvalue weighted by Crippen LogP contribution is -2.49. The van der Waals surface area contributed by atoms with Gasteiger partial charge in [0.15, 0.2) is 0 Å². The van der Waals surface area contributed by atoms with Crippen LogP contribution < -0.4 is 5.32 Å². The first kappa shape index (κ1) is 16.8. The molecule has 4 amide bonds.